The summed E-state index contributed by atoms with van der Waals surface area (Å²) in [5, 5.41) is 10.0. The lowest BCUT2D eigenvalue weighted by Gasteiger charge is -2.32. The molecule has 22 heavy (non-hydrogen) atoms. The van der Waals surface area contributed by atoms with Gasteiger partial charge in [0, 0.05) is 18.3 Å². The molecule has 0 bridgehead atoms. The van der Waals surface area contributed by atoms with Gasteiger partial charge in [-0.3, -0.25) is 4.90 Å². The molecule has 1 aromatic heterocycles. The van der Waals surface area contributed by atoms with Crippen molar-refractivity contribution in [1.82, 2.24) is 9.88 Å². The number of benzene rings is 1. The fourth-order valence-corrected chi connectivity index (χ4v) is 3.50. The van der Waals surface area contributed by atoms with Gasteiger partial charge in [-0.25, -0.2) is 4.98 Å². The molecular formula is C18H21BrN2O. The number of hydrogen-bond donors (Lipinski definition) is 1. The Balaban J connectivity index is 1.52. The van der Waals surface area contributed by atoms with E-state index >= 15 is 0 Å². The molecule has 0 saturated carbocycles. The molecule has 2 aromatic rings. The zero-order chi connectivity index (χ0) is 15.4. The molecule has 0 radical (unpaired) electrons. The van der Waals surface area contributed by atoms with Crippen LogP contribution in [0.15, 0.2) is 47.2 Å². The highest BCUT2D eigenvalue weighted by Crippen LogP contribution is 2.28. The number of nitrogens with zero attached hydrogens (tertiary/aromatic N) is 2. The van der Waals surface area contributed by atoms with E-state index in [1.54, 1.807) is 6.20 Å². The van der Waals surface area contributed by atoms with Crippen LogP contribution in [-0.2, 0) is 13.0 Å². The second-order valence-electron chi connectivity index (χ2n) is 6.02. The number of aromatic hydroxyl groups is 1. The standard InChI is InChI=1S/C18H21BrN2O/c19-18-17(22)16(6-9-20-18)13-21-10-7-15(8-11-21)12-14-4-2-1-3-5-14/h1-6,9,15,22H,7-8,10-13H2. The van der Waals surface area contributed by atoms with Crippen molar-refractivity contribution < 1.29 is 5.11 Å². The van der Waals surface area contributed by atoms with Crippen LogP contribution in [0.5, 0.6) is 5.75 Å². The first-order valence-corrected chi connectivity index (χ1v) is 8.60. The monoisotopic (exact) mass is 360 g/mol. The van der Waals surface area contributed by atoms with E-state index in [2.05, 4.69) is 56.1 Å². The third-order valence-electron chi connectivity index (χ3n) is 4.43. The van der Waals surface area contributed by atoms with Crippen molar-refractivity contribution in [3.63, 3.8) is 0 Å². The number of likely N-dealkylation sites (tertiary alicyclic amines) is 1. The van der Waals surface area contributed by atoms with E-state index in [9.17, 15) is 5.11 Å². The van der Waals surface area contributed by atoms with Crippen molar-refractivity contribution in [1.29, 1.82) is 0 Å². The molecule has 0 amide bonds. The molecule has 3 nitrogen and oxygen atoms in total. The number of piperidine rings is 1. The predicted molar refractivity (Wildman–Crippen MR) is 91.7 cm³/mol. The van der Waals surface area contributed by atoms with Crippen LogP contribution in [0.25, 0.3) is 0 Å². The normalized spacial score (nSPS) is 16.8. The summed E-state index contributed by atoms with van der Waals surface area (Å²) in [7, 11) is 0. The molecule has 0 unspecified atom stereocenters. The van der Waals surface area contributed by atoms with Gasteiger partial charge >= 0.3 is 0 Å². The average molecular weight is 361 g/mol. The summed E-state index contributed by atoms with van der Waals surface area (Å²) < 4.78 is 0.531. The Morgan fingerprint density at radius 1 is 1.14 bits per heavy atom. The number of halogens is 1. The SMILES string of the molecule is Oc1c(CN2CCC(Cc3ccccc3)CC2)ccnc1Br. The zero-order valence-electron chi connectivity index (χ0n) is 12.6. The van der Waals surface area contributed by atoms with Crippen molar-refractivity contribution in [3.8, 4) is 5.75 Å². The van der Waals surface area contributed by atoms with E-state index < -0.39 is 0 Å². The Bertz CT molecular complexity index is 610. The van der Waals surface area contributed by atoms with E-state index in [0.29, 0.717) is 4.60 Å². The highest BCUT2D eigenvalue weighted by atomic mass is 79.9. The predicted octanol–water partition coefficient (Wildman–Crippen LogP) is 4.00. The minimum absolute atomic E-state index is 0.272. The Morgan fingerprint density at radius 3 is 2.59 bits per heavy atom. The van der Waals surface area contributed by atoms with Gasteiger partial charge in [-0.15, -0.1) is 0 Å². The first kappa shape index (κ1) is 15.5. The number of rotatable bonds is 4. The molecule has 1 aromatic carbocycles. The van der Waals surface area contributed by atoms with E-state index in [1.807, 2.05) is 6.07 Å². The van der Waals surface area contributed by atoms with E-state index in [0.717, 1.165) is 31.1 Å². The molecule has 0 aliphatic carbocycles. The van der Waals surface area contributed by atoms with Crippen molar-refractivity contribution >= 4 is 15.9 Å². The highest BCUT2D eigenvalue weighted by molar-refractivity contribution is 9.10. The summed E-state index contributed by atoms with van der Waals surface area (Å²) >= 11 is 3.28. The molecule has 4 heteroatoms. The van der Waals surface area contributed by atoms with Gasteiger partial charge in [-0.1, -0.05) is 30.3 Å². The van der Waals surface area contributed by atoms with Gasteiger partial charge in [0.1, 0.15) is 4.60 Å². The van der Waals surface area contributed by atoms with Crippen LogP contribution in [0.3, 0.4) is 0 Å². The zero-order valence-corrected chi connectivity index (χ0v) is 14.2. The van der Waals surface area contributed by atoms with Gasteiger partial charge in [-0.2, -0.15) is 0 Å². The molecule has 1 fully saturated rings. The first-order chi connectivity index (χ1) is 10.7. The second kappa shape index (κ2) is 7.25. The third kappa shape index (κ3) is 3.87. The Hall–Kier alpha value is -1.39. The fourth-order valence-electron chi connectivity index (χ4n) is 3.13. The van der Waals surface area contributed by atoms with Crippen LogP contribution in [0.4, 0.5) is 0 Å². The van der Waals surface area contributed by atoms with Gasteiger partial charge < -0.3 is 5.11 Å². The third-order valence-corrected chi connectivity index (χ3v) is 5.01. The topological polar surface area (TPSA) is 36.4 Å². The molecular weight excluding hydrogens is 340 g/mol. The van der Waals surface area contributed by atoms with E-state index in [4.69, 9.17) is 0 Å². The number of aromatic nitrogens is 1. The summed E-state index contributed by atoms with van der Waals surface area (Å²) in [6.07, 6.45) is 5.37. The quantitative estimate of drug-likeness (QED) is 0.837. The van der Waals surface area contributed by atoms with Crippen LogP contribution < -0.4 is 0 Å². The fraction of sp³-hybridized carbons (Fsp3) is 0.389. The summed E-state index contributed by atoms with van der Waals surface area (Å²) in [5.41, 5.74) is 2.39. The summed E-state index contributed by atoms with van der Waals surface area (Å²) in [6, 6.07) is 12.7. The van der Waals surface area contributed by atoms with E-state index in [1.165, 1.54) is 24.8 Å². The Labute approximate surface area is 140 Å². The van der Waals surface area contributed by atoms with Gasteiger partial charge in [0.15, 0.2) is 5.75 Å². The maximum absolute atomic E-state index is 10.0. The largest absolute Gasteiger partial charge is 0.505 e. The molecule has 1 aliphatic heterocycles. The second-order valence-corrected chi connectivity index (χ2v) is 6.77. The molecule has 1 N–H and O–H groups in total. The van der Waals surface area contributed by atoms with Crippen LogP contribution in [0, 0.1) is 5.92 Å². The molecule has 1 aliphatic rings. The maximum atomic E-state index is 10.0. The maximum Gasteiger partial charge on any atom is 0.152 e. The van der Waals surface area contributed by atoms with Crippen molar-refractivity contribution in [2.24, 2.45) is 5.92 Å². The van der Waals surface area contributed by atoms with Gasteiger partial charge in [0.2, 0.25) is 0 Å². The smallest absolute Gasteiger partial charge is 0.152 e. The number of pyridine rings is 1. The van der Waals surface area contributed by atoms with Gasteiger partial charge in [-0.05, 0) is 65.8 Å². The van der Waals surface area contributed by atoms with Gasteiger partial charge in [0.25, 0.3) is 0 Å². The van der Waals surface area contributed by atoms with Gasteiger partial charge in [0.05, 0.1) is 0 Å². The lowest BCUT2D eigenvalue weighted by Crippen LogP contribution is -2.33. The average Bonchev–Trinajstić information content (AvgIpc) is 2.55. The molecule has 1 saturated heterocycles. The van der Waals surface area contributed by atoms with Crippen molar-refractivity contribution in [2.45, 2.75) is 25.8 Å². The molecule has 2 heterocycles. The highest BCUT2D eigenvalue weighted by Gasteiger charge is 2.20. The minimum Gasteiger partial charge on any atom is -0.505 e. The van der Waals surface area contributed by atoms with Crippen LogP contribution >= 0.6 is 15.9 Å². The molecule has 116 valence electrons. The summed E-state index contributed by atoms with van der Waals surface area (Å²) in [4.78, 5) is 6.46. The van der Waals surface area contributed by atoms with Crippen molar-refractivity contribution in [2.75, 3.05) is 13.1 Å². The van der Waals surface area contributed by atoms with Crippen LogP contribution in [0.2, 0.25) is 0 Å². The van der Waals surface area contributed by atoms with Crippen LogP contribution in [0.1, 0.15) is 24.0 Å². The summed E-state index contributed by atoms with van der Waals surface area (Å²) in [5.74, 6) is 1.05. The first-order valence-electron chi connectivity index (χ1n) is 7.81. The lowest BCUT2D eigenvalue weighted by molar-refractivity contribution is 0.175. The number of hydrogen-bond acceptors (Lipinski definition) is 3. The minimum atomic E-state index is 0.272. The van der Waals surface area contributed by atoms with Crippen molar-refractivity contribution in [3.05, 3.63) is 58.3 Å². The lowest BCUT2D eigenvalue weighted by atomic mass is 9.90. The summed E-state index contributed by atoms with van der Waals surface area (Å²) in [6.45, 7) is 2.98. The van der Waals surface area contributed by atoms with Crippen LogP contribution in [-0.4, -0.2) is 28.1 Å². The Kier molecular flexibility index (Phi) is 5.11. The molecule has 0 spiro atoms. The Morgan fingerprint density at radius 2 is 1.86 bits per heavy atom. The molecule has 3 rings (SSSR count). The van der Waals surface area contributed by atoms with E-state index in [-0.39, 0.29) is 5.75 Å². The molecule has 0 atom stereocenters.